The number of hydrogen-bond donors (Lipinski definition) is 2. The third-order valence-electron chi connectivity index (χ3n) is 4.58. The minimum absolute atomic E-state index is 0.207. The van der Waals surface area contributed by atoms with Crippen molar-refractivity contribution in [1.82, 2.24) is 5.32 Å². The van der Waals surface area contributed by atoms with Crippen LogP contribution in [0.15, 0.2) is 42.5 Å². The molecule has 0 aromatic heterocycles. The first-order valence-corrected chi connectivity index (χ1v) is 12.2. The summed E-state index contributed by atoms with van der Waals surface area (Å²) in [5.74, 6) is -0.293. The van der Waals surface area contributed by atoms with Crippen LogP contribution >= 0.6 is 11.6 Å². The molecule has 10 heteroatoms. The van der Waals surface area contributed by atoms with Gasteiger partial charge in [0.2, 0.25) is 15.9 Å². The van der Waals surface area contributed by atoms with Gasteiger partial charge in [0.05, 0.1) is 35.3 Å². The predicted octanol–water partition coefficient (Wildman–Crippen LogP) is 3.53. The van der Waals surface area contributed by atoms with Crippen LogP contribution in [0.4, 0.5) is 11.4 Å². The number of benzene rings is 2. The van der Waals surface area contributed by atoms with Crippen molar-refractivity contribution in [3.8, 4) is 5.75 Å². The standard InChI is InChI=1S/C22H28ClN3O5S/c1-14(2)13-24-22(28)17-8-6-7-9-19(17)25-21(27)15(3)26(32(5,29)30)16-10-11-20(31-4)18(23)12-16/h6-12,14-15H,13H2,1-5H3,(H,24,28)(H,25,27). The van der Waals surface area contributed by atoms with E-state index >= 15 is 0 Å². The lowest BCUT2D eigenvalue weighted by Crippen LogP contribution is -2.45. The van der Waals surface area contributed by atoms with Crippen molar-refractivity contribution in [3.05, 3.63) is 53.1 Å². The van der Waals surface area contributed by atoms with Crippen molar-refractivity contribution in [2.75, 3.05) is 29.5 Å². The molecule has 0 saturated carbocycles. The smallest absolute Gasteiger partial charge is 0.253 e. The van der Waals surface area contributed by atoms with Gasteiger partial charge in [0.15, 0.2) is 0 Å². The van der Waals surface area contributed by atoms with Gasteiger partial charge in [-0.3, -0.25) is 13.9 Å². The van der Waals surface area contributed by atoms with E-state index in [-0.39, 0.29) is 33.8 Å². The fourth-order valence-electron chi connectivity index (χ4n) is 3.02. The maximum absolute atomic E-state index is 13.0. The van der Waals surface area contributed by atoms with E-state index in [1.165, 1.54) is 32.2 Å². The number of carbonyl (C=O) groups excluding carboxylic acids is 2. The number of methoxy groups -OCH3 is 1. The van der Waals surface area contributed by atoms with Gasteiger partial charge >= 0.3 is 0 Å². The van der Waals surface area contributed by atoms with E-state index in [1.807, 2.05) is 13.8 Å². The van der Waals surface area contributed by atoms with Crippen molar-refractivity contribution >= 4 is 44.8 Å². The van der Waals surface area contributed by atoms with Crippen LogP contribution in [0.1, 0.15) is 31.1 Å². The second kappa shape index (κ2) is 10.7. The normalized spacial score (nSPS) is 12.2. The number of rotatable bonds is 9. The molecule has 174 valence electrons. The Bertz CT molecular complexity index is 1090. The number of ether oxygens (including phenoxy) is 1. The molecule has 0 aliphatic heterocycles. The van der Waals surface area contributed by atoms with Crippen LogP contribution in [-0.4, -0.2) is 46.2 Å². The van der Waals surface area contributed by atoms with E-state index < -0.39 is 22.0 Å². The van der Waals surface area contributed by atoms with Crippen LogP contribution in [0.5, 0.6) is 5.75 Å². The first kappa shape index (κ1) is 25.5. The first-order chi connectivity index (χ1) is 15.0. The molecule has 1 unspecified atom stereocenters. The van der Waals surface area contributed by atoms with Crippen molar-refractivity contribution in [1.29, 1.82) is 0 Å². The van der Waals surface area contributed by atoms with Crippen molar-refractivity contribution in [2.45, 2.75) is 26.8 Å². The van der Waals surface area contributed by atoms with Crippen LogP contribution in [0.25, 0.3) is 0 Å². The zero-order chi connectivity index (χ0) is 24.1. The molecule has 2 amide bonds. The van der Waals surface area contributed by atoms with Crippen LogP contribution in [0.3, 0.4) is 0 Å². The maximum Gasteiger partial charge on any atom is 0.253 e. The largest absolute Gasteiger partial charge is 0.495 e. The van der Waals surface area contributed by atoms with Gasteiger partial charge in [0, 0.05) is 6.54 Å². The number of hydrogen-bond acceptors (Lipinski definition) is 5. The van der Waals surface area contributed by atoms with Gasteiger partial charge in [-0.1, -0.05) is 37.6 Å². The quantitative estimate of drug-likeness (QED) is 0.570. The summed E-state index contributed by atoms with van der Waals surface area (Å²) >= 11 is 6.15. The Morgan fingerprint density at radius 2 is 1.78 bits per heavy atom. The zero-order valence-corrected chi connectivity index (χ0v) is 20.3. The van der Waals surface area contributed by atoms with Gasteiger partial charge < -0.3 is 15.4 Å². The number of nitrogens with one attached hydrogen (secondary N) is 2. The van der Waals surface area contributed by atoms with Gasteiger partial charge in [0.1, 0.15) is 11.8 Å². The Kier molecular flexibility index (Phi) is 8.51. The van der Waals surface area contributed by atoms with E-state index in [4.69, 9.17) is 16.3 Å². The van der Waals surface area contributed by atoms with Gasteiger partial charge in [-0.25, -0.2) is 8.42 Å². The molecular formula is C22H28ClN3O5S. The molecule has 32 heavy (non-hydrogen) atoms. The van der Waals surface area contributed by atoms with E-state index in [1.54, 1.807) is 24.3 Å². The Morgan fingerprint density at radius 3 is 2.34 bits per heavy atom. The molecule has 0 aliphatic rings. The number of halogens is 1. The SMILES string of the molecule is COc1ccc(N(C(C)C(=O)Nc2ccccc2C(=O)NCC(C)C)S(C)(=O)=O)cc1Cl. The molecule has 2 N–H and O–H groups in total. The lowest BCUT2D eigenvalue weighted by atomic mass is 10.1. The van der Waals surface area contributed by atoms with Crippen LogP contribution < -0.4 is 19.7 Å². The lowest BCUT2D eigenvalue weighted by molar-refractivity contribution is -0.116. The van der Waals surface area contributed by atoms with Crippen molar-refractivity contribution in [2.24, 2.45) is 5.92 Å². The highest BCUT2D eigenvalue weighted by atomic mass is 35.5. The Balaban J connectivity index is 2.32. The van der Waals surface area contributed by atoms with Crippen LogP contribution in [-0.2, 0) is 14.8 Å². The van der Waals surface area contributed by atoms with Gasteiger partial charge in [-0.15, -0.1) is 0 Å². The van der Waals surface area contributed by atoms with E-state index in [0.29, 0.717) is 12.3 Å². The average Bonchev–Trinajstić information content (AvgIpc) is 2.71. The third-order valence-corrected chi connectivity index (χ3v) is 6.12. The topological polar surface area (TPSA) is 105 Å². The number of para-hydroxylation sites is 1. The molecular weight excluding hydrogens is 454 g/mol. The molecule has 0 spiro atoms. The molecule has 0 saturated heterocycles. The summed E-state index contributed by atoms with van der Waals surface area (Å²) in [5.41, 5.74) is 0.780. The fourth-order valence-corrected chi connectivity index (χ4v) is 4.44. The monoisotopic (exact) mass is 481 g/mol. The molecule has 2 aromatic rings. The first-order valence-electron chi connectivity index (χ1n) is 9.96. The third kappa shape index (κ3) is 6.37. The molecule has 1 atom stereocenters. The van der Waals surface area contributed by atoms with Crippen LogP contribution in [0, 0.1) is 5.92 Å². The maximum atomic E-state index is 13.0. The number of carbonyl (C=O) groups is 2. The van der Waals surface area contributed by atoms with Crippen molar-refractivity contribution < 1.29 is 22.7 Å². The second-order valence-electron chi connectivity index (χ2n) is 7.69. The molecule has 0 radical (unpaired) electrons. The number of sulfonamides is 1. The summed E-state index contributed by atoms with van der Waals surface area (Å²) in [6.07, 6.45) is 1.00. The number of amides is 2. The summed E-state index contributed by atoms with van der Waals surface area (Å²) < 4.78 is 31.1. The average molecular weight is 482 g/mol. The summed E-state index contributed by atoms with van der Waals surface area (Å²) in [4.78, 5) is 25.6. The molecule has 0 bridgehead atoms. The lowest BCUT2D eigenvalue weighted by Gasteiger charge is -2.28. The molecule has 0 heterocycles. The fraction of sp³-hybridized carbons (Fsp3) is 0.364. The molecule has 8 nitrogen and oxygen atoms in total. The predicted molar refractivity (Wildman–Crippen MR) is 127 cm³/mol. The summed E-state index contributed by atoms with van der Waals surface area (Å²) in [6.45, 7) is 5.88. The second-order valence-corrected chi connectivity index (χ2v) is 9.96. The summed E-state index contributed by atoms with van der Waals surface area (Å²) in [5, 5.41) is 5.69. The Hall–Kier alpha value is -2.78. The van der Waals surface area contributed by atoms with Crippen LogP contribution in [0.2, 0.25) is 5.02 Å². The van der Waals surface area contributed by atoms with Crippen molar-refractivity contribution in [3.63, 3.8) is 0 Å². The number of nitrogens with zero attached hydrogens (tertiary/aromatic N) is 1. The number of anilines is 2. The highest BCUT2D eigenvalue weighted by Gasteiger charge is 2.30. The molecule has 2 rings (SSSR count). The highest BCUT2D eigenvalue weighted by Crippen LogP contribution is 2.31. The Labute approximate surface area is 193 Å². The van der Waals surface area contributed by atoms with Gasteiger partial charge in [-0.05, 0) is 43.2 Å². The van der Waals surface area contributed by atoms with E-state index in [9.17, 15) is 18.0 Å². The van der Waals surface area contributed by atoms with E-state index in [2.05, 4.69) is 10.6 Å². The zero-order valence-electron chi connectivity index (χ0n) is 18.7. The summed E-state index contributed by atoms with van der Waals surface area (Å²) in [6, 6.07) is 9.86. The van der Waals surface area contributed by atoms with Gasteiger partial charge in [-0.2, -0.15) is 0 Å². The van der Waals surface area contributed by atoms with Gasteiger partial charge in [0.25, 0.3) is 5.91 Å². The molecule has 0 fully saturated rings. The van der Waals surface area contributed by atoms with E-state index in [0.717, 1.165) is 10.6 Å². The molecule has 2 aromatic carbocycles. The highest BCUT2D eigenvalue weighted by molar-refractivity contribution is 7.92. The molecule has 0 aliphatic carbocycles. The minimum atomic E-state index is -3.84. The Morgan fingerprint density at radius 1 is 1.12 bits per heavy atom. The summed E-state index contributed by atoms with van der Waals surface area (Å²) in [7, 11) is -2.40. The minimum Gasteiger partial charge on any atom is -0.495 e.